The van der Waals surface area contributed by atoms with Crippen molar-refractivity contribution in [2.24, 2.45) is 5.92 Å². The van der Waals surface area contributed by atoms with E-state index in [1.807, 2.05) is 7.05 Å². The molecule has 3 atom stereocenters. The van der Waals surface area contributed by atoms with E-state index in [1.165, 1.54) is 6.07 Å². The summed E-state index contributed by atoms with van der Waals surface area (Å²) in [5, 5.41) is 3.90. The summed E-state index contributed by atoms with van der Waals surface area (Å²) >= 11 is 5.95. The van der Waals surface area contributed by atoms with Crippen LogP contribution < -0.4 is 5.32 Å². The average Bonchev–Trinajstić information content (AvgIpc) is 2.88. The minimum Gasteiger partial charge on any atom is -0.378 e. The molecule has 4 heteroatoms. The van der Waals surface area contributed by atoms with Crippen LogP contribution in [-0.2, 0) is 11.2 Å². The molecule has 1 aromatic rings. The first-order valence-electron chi connectivity index (χ1n) is 6.88. The molecule has 1 aliphatic rings. The molecule has 0 radical (unpaired) electrons. The normalized spacial score (nSPS) is 24.6. The quantitative estimate of drug-likeness (QED) is 0.895. The lowest BCUT2D eigenvalue weighted by atomic mass is 9.87. The van der Waals surface area contributed by atoms with Gasteiger partial charge in [-0.25, -0.2) is 4.39 Å². The topological polar surface area (TPSA) is 21.3 Å². The van der Waals surface area contributed by atoms with E-state index in [0.717, 1.165) is 19.4 Å². The second kappa shape index (κ2) is 6.69. The first kappa shape index (κ1) is 14.8. The third-order valence-corrected chi connectivity index (χ3v) is 4.23. The lowest BCUT2D eigenvalue weighted by Gasteiger charge is -2.27. The second-order valence-corrected chi connectivity index (χ2v) is 5.54. The summed E-state index contributed by atoms with van der Waals surface area (Å²) < 4.78 is 19.5. The van der Waals surface area contributed by atoms with Gasteiger partial charge in [0.25, 0.3) is 0 Å². The van der Waals surface area contributed by atoms with Crippen LogP contribution in [0.1, 0.15) is 25.3 Å². The van der Waals surface area contributed by atoms with Gasteiger partial charge >= 0.3 is 0 Å². The van der Waals surface area contributed by atoms with Crippen LogP contribution in [0.5, 0.6) is 0 Å². The van der Waals surface area contributed by atoms with Gasteiger partial charge in [0.05, 0.1) is 6.10 Å². The highest BCUT2D eigenvalue weighted by atomic mass is 35.5. The van der Waals surface area contributed by atoms with Gasteiger partial charge in [0.15, 0.2) is 0 Å². The number of hydrogen-bond donors (Lipinski definition) is 1. The summed E-state index contributed by atoms with van der Waals surface area (Å²) in [7, 11) is 1.93. The van der Waals surface area contributed by atoms with Gasteiger partial charge in [-0.1, -0.05) is 18.5 Å². The molecule has 1 saturated heterocycles. The van der Waals surface area contributed by atoms with Crippen LogP contribution in [-0.4, -0.2) is 25.8 Å². The van der Waals surface area contributed by atoms with E-state index in [2.05, 4.69) is 12.2 Å². The van der Waals surface area contributed by atoms with Crippen LogP contribution in [0.3, 0.4) is 0 Å². The molecular weight excluding hydrogens is 265 g/mol. The third kappa shape index (κ3) is 3.47. The lowest BCUT2D eigenvalue weighted by molar-refractivity contribution is 0.0782. The molecule has 0 saturated carbocycles. The maximum Gasteiger partial charge on any atom is 0.126 e. The van der Waals surface area contributed by atoms with Gasteiger partial charge in [0, 0.05) is 23.6 Å². The zero-order valence-electron chi connectivity index (χ0n) is 11.5. The second-order valence-electron chi connectivity index (χ2n) is 5.11. The maximum absolute atomic E-state index is 13.8. The van der Waals surface area contributed by atoms with Crippen LogP contribution in [0.25, 0.3) is 0 Å². The van der Waals surface area contributed by atoms with Crippen molar-refractivity contribution in [1.82, 2.24) is 5.32 Å². The fourth-order valence-corrected chi connectivity index (χ4v) is 3.14. The molecule has 1 aliphatic heterocycles. The van der Waals surface area contributed by atoms with Crippen LogP contribution >= 0.6 is 11.6 Å². The van der Waals surface area contributed by atoms with E-state index >= 15 is 0 Å². The molecule has 0 aliphatic carbocycles. The highest BCUT2D eigenvalue weighted by Crippen LogP contribution is 2.29. The van der Waals surface area contributed by atoms with Crippen LogP contribution in [0.2, 0.25) is 5.02 Å². The van der Waals surface area contributed by atoms with Gasteiger partial charge in [0.1, 0.15) is 5.82 Å². The summed E-state index contributed by atoms with van der Waals surface area (Å²) in [6.45, 7) is 2.94. The largest absolute Gasteiger partial charge is 0.378 e. The molecule has 19 heavy (non-hydrogen) atoms. The van der Waals surface area contributed by atoms with Crippen molar-refractivity contribution in [3.63, 3.8) is 0 Å². The Morgan fingerprint density at radius 2 is 2.32 bits per heavy atom. The van der Waals surface area contributed by atoms with Crippen LogP contribution in [0, 0.1) is 11.7 Å². The average molecular weight is 286 g/mol. The molecule has 1 aromatic carbocycles. The SMILES string of the molecule is CCC1OCCC1C(Cc1cc(Cl)ccc1F)NC. The summed E-state index contributed by atoms with van der Waals surface area (Å²) in [5.74, 6) is 0.255. The number of benzene rings is 1. The fourth-order valence-electron chi connectivity index (χ4n) is 2.95. The summed E-state index contributed by atoms with van der Waals surface area (Å²) in [6.07, 6.45) is 2.96. The van der Waals surface area contributed by atoms with Gasteiger partial charge in [0.2, 0.25) is 0 Å². The van der Waals surface area contributed by atoms with E-state index in [0.29, 0.717) is 22.9 Å². The zero-order valence-corrected chi connectivity index (χ0v) is 12.2. The third-order valence-electron chi connectivity index (χ3n) is 4.00. The molecule has 2 rings (SSSR count). The maximum atomic E-state index is 13.8. The lowest BCUT2D eigenvalue weighted by Crippen LogP contribution is -2.39. The molecule has 0 amide bonds. The molecule has 2 nitrogen and oxygen atoms in total. The van der Waals surface area contributed by atoms with Gasteiger partial charge in [-0.15, -0.1) is 0 Å². The van der Waals surface area contributed by atoms with Gasteiger partial charge in [-0.2, -0.15) is 0 Å². The van der Waals surface area contributed by atoms with Crippen LogP contribution in [0.15, 0.2) is 18.2 Å². The number of rotatable bonds is 5. The van der Waals surface area contributed by atoms with Crippen molar-refractivity contribution in [3.8, 4) is 0 Å². The Morgan fingerprint density at radius 3 is 3.00 bits per heavy atom. The minimum absolute atomic E-state index is 0.184. The number of halogens is 2. The van der Waals surface area contributed by atoms with E-state index in [-0.39, 0.29) is 18.0 Å². The minimum atomic E-state index is -0.184. The predicted molar refractivity (Wildman–Crippen MR) is 76.1 cm³/mol. The number of hydrogen-bond acceptors (Lipinski definition) is 2. The Labute approximate surface area is 119 Å². The van der Waals surface area contributed by atoms with Crippen LogP contribution in [0.4, 0.5) is 4.39 Å². The van der Waals surface area contributed by atoms with Gasteiger partial charge < -0.3 is 10.1 Å². The monoisotopic (exact) mass is 285 g/mol. The molecule has 106 valence electrons. The molecule has 0 spiro atoms. The first-order valence-corrected chi connectivity index (χ1v) is 7.26. The highest BCUT2D eigenvalue weighted by Gasteiger charge is 2.33. The predicted octanol–water partition coefficient (Wildman–Crippen LogP) is 3.42. The van der Waals surface area contributed by atoms with E-state index < -0.39 is 0 Å². The molecule has 0 aromatic heterocycles. The van der Waals surface area contributed by atoms with E-state index in [4.69, 9.17) is 16.3 Å². The van der Waals surface area contributed by atoms with Crippen molar-refractivity contribution in [1.29, 1.82) is 0 Å². The highest BCUT2D eigenvalue weighted by molar-refractivity contribution is 6.30. The molecule has 1 fully saturated rings. The van der Waals surface area contributed by atoms with Crippen molar-refractivity contribution in [3.05, 3.63) is 34.6 Å². The van der Waals surface area contributed by atoms with Gasteiger partial charge in [-0.05, 0) is 50.1 Å². The van der Waals surface area contributed by atoms with E-state index in [9.17, 15) is 4.39 Å². The van der Waals surface area contributed by atoms with Crippen molar-refractivity contribution in [2.45, 2.75) is 38.3 Å². The standard InChI is InChI=1S/C15H21ClFNO/c1-3-15-12(6-7-19-15)14(18-2)9-10-8-11(16)4-5-13(10)17/h4-5,8,12,14-15,18H,3,6-7,9H2,1-2H3. The number of nitrogens with one attached hydrogen (secondary N) is 1. The molecule has 1 heterocycles. The summed E-state index contributed by atoms with van der Waals surface area (Å²) in [4.78, 5) is 0. The zero-order chi connectivity index (χ0) is 13.8. The molecule has 3 unspecified atom stereocenters. The number of ether oxygens (including phenoxy) is 1. The Morgan fingerprint density at radius 1 is 1.53 bits per heavy atom. The van der Waals surface area contributed by atoms with Crippen molar-refractivity contribution >= 4 is 11.6 Å². The molecule has 1 N–H and O–H groups in total. The van der Waals surface area contributed by atoms with Crippen molar-refractivity contribution in [2.75, 3.05) is 13.7 Å². The Bertz CT molecular complexity index is 427. The fraction of sp³-hybridized carbons (Fsp3) is 0.600. The summed E-state index contributed by atoms with van der Waals surface area (Å²) in [5.41, 5.74) is 0.675. The van der Waals surface area contributed by atoms with E-state index in [1.54, 1.807) is 12.1 Å². The Kier molecular flexibility index (Phi) is 5.20. The first-order chi connectivity index (χ1) is 9.15. The summed E-state index contributed by atoms with van der Waals surface area (Å²) in [6, 6.07) is 4.97. The Hall–Kier alpha value is -0.640. The Balaban J connectivity index is 2.12. The molecular formula is C15H21ClFNO. The molecule has 0 bridgehead atoms. The smallest absolute Gasteiger partial charge is 0.126 e. The van der Waals surface area contributed by atoms with Crippen molar-refractivity contribution < 1.29 is 9.13 Å². The number of likely N-dealkylation sites (N-methyl/N-ethyl adjacent to an activating group) is 1. The van der Waals surface area contributed by atoms with Gasteiger partial charge in [-0.3, -0.25) is 0 Å².